The number of amidine groups is 1. The number of thioether (sulfide) groups is 1. The maximum Gasteiger partial charge on any atom is 0.163 e. The number of allylic oxidation sites excluding steroid dienone is 1. The fourth-order valence-electron chi connectivity index (χ4n) is 0.830. The number of rotatable bonds is 0. The van der Waals surface area contributed by atoms with Gasteiger partial charge in [-0.1, -0.05) is 11.8 Å². The van der Waals surface area contributed by atoms with Crippen molar-refractivity contribution in [3.05, 3.63) is 11.8 Å². The molecule has 0 amide bonds. The Morgan fingerprint density at radius 3 is 2.90 bits per heavy atom. The van der Waals surface area contributed by atoms with Crippen LogP contribution in [0.15, 0.2) is 16.8 Å². The topological polar surface area (TPSA) is 15.6 Å². The van der Waals surface area contributed by atoms with Crippen molar-refractivity contribution in [2.45, 2.75) is 6.92 Å². The standard InChI is InChI=1S/C7H12N2S/c1-6-4-5-9(2)7(8-6)10-3/h4H,5H2,1-3H3. The minimum atomic E-state index is 0.992. The molecule has 1 aliphatic rings. The first-order valence-corrected chi connectivity index (χ1v) is 4.47. The fourth-order valence-corrected chi connectivity index (χ4v) is 1.45. The second-order valence-electron chi connectivity index (χ2n) is 2.32. The first kappa shape index (κ1) is 7.66. The van der Waals surface area contributed by atoms with Crippen molar-refractivity contribution in [3.63, 3.8) is 0 Å². The molecule has 3 heteroatoms. The van der Waals surface area contributed by atoms with Crippen LogP contribution >= 0.6 is 11.8 Å². The summed E-state index contributed by atoms with van der Waals surface area (Å²) < 4.78 is 0. The highest BCUT2D eigenvalue weighted by Crippen LogP contribution is 2.11. The molecular weight excluding hydrogens is 144 g/mol. The van der Waals surface area contributed by atoms with E-state index in [0.717, 1.165) is 17.4 Å². The van der Waals surface area contributed by atoms with Gasteiger partial charge in [-0.2, -0.15) is 0 Å². The van der Waals surface area contributed by atoms with Gasteiger partial charge in [-0.15, -0.1) is 0 Å². The number of likely N-dealkylation sites (N-methyl/N-ethyl adjacent to an activating group) is 1. The normalized spacial score (nSPS) is 18.5. The van der Waals surface area contributed by atoms with Gasteiger partial charge < -0.3 is 4.90 Å². The van der Waals surface area contributed by atoms with Crippen molar-refractivity contribution in [1.29, 1.82) is 0 Å². The maximum atomic E-state index is 4.35. The number of hydrogen-bond donors (Lipinski definition) is 0. The van der Waals surface area contributed by atoms with Gasteiger partial charge in [0.25, 0.3) is 0 Å². The van der Waals surface area contributed by atoms with E-state index in [1.165, 1.54) is 0 Å². The summed E-state index contributed by atoms with van der Waals surface area (Å²) in [6.45, 7) is 3.02. The van der Waals surface area contributed by atoms with Gasteiger partial charge in [0, 0.05) is 19.3 Å². The summed E-state index contributed by atoms with van der Waals surface area (Å²) in [6, 6.07) is 0. The van der Waals surface area contributed by atoms with Gasteiger partial charge in [0.1, 0.15) is 0 Å². The Bertz CT molecular complexity index is 184. The van der Waals surface area contributed by atoms with E-state index in [4.69, 9.17) is 0 Å². The molecule has 0 N–H and O–H groups in total. The second kappa shape index (κ2) is 3.10. The van der Waals surface area contributed by atoms with Crippen molar-refractivity contribution in [2.75, 3.05) is 19.8 Å². The summed E-state index contributed by atoms with van der Waals surface area (Å²) >= 11 is 1.69. The van der Waals surface area contributed by atoms with Crippen molar-refractivity contribution in [2.24, 2.45) is 4.99 Å². The van der Waals surface area contributed by atoms with E-state index in [9.17, 15) is 0 Å². The molecule has 0 fully saturated rings. The highest BCUT2D eigenvalue weighted by molar-refractivity contribution is 8.13. The molecule has 1 heterocycles. The molecule has 0 saturated heterocycles. The van der Waals surface area contributed by atoms with E-state index in [2.05, 4.69) is 23.0 Å². The molecule has 0 spiro atoms. The Morgan fingerprint density at radius 2 is 2.40 bits per heavy atom. The zero-order chi connectivity index (χ0) is 7.56. The van der Waals surface area contributed by atoms with E-state index in [1.54, 1.807) is 11.8 Å². The molecule has 2 nitrogen and oxygen atoms in total. The summed E-state index contributed by atoms with van der Waals surface area (Å²) in [6.07, 6.45) is 4.17. The van der Waals surface area contributed by atoms with Gasteiger partial charge in [0.05, 0.1) is 0 Å². The van der Waals surface area contributed by atoms with Crippen molar-refractivity contribution < 1.29 is 0 Å². The molecule has 0 aromatic heterocycles. The highest BCUT2D eigenvalue weighted by atomic mass is 32.2. The van der Waals surface area contributed by atoms with Crippen LogP contribution in [0.4, 0.5) is 0 Å². The molecular formula is C7H12N2S. The zero-order valence-corrected chi connectivity index (χ0v) is 7.40. The number of hydrogen-bond acceptors (Lipinski definition) is 3. The van der Waals surface area contributed by atoms with Crippen LogP contribution in [0.1, 0.15) is 6.92 Å². The van der Waals surface area contributed by atoms with Crippen LogP contribution in [0.3, 0.4) is 0 Å². The van der Waals surface area contributed by atoms with Gasteiger partial charge in [-0.3, -0.25) is 0 Å². The Balaban J connectivity index is 2.73. The van der Waals surface area contributed by atoms with Crippen molar-refractivity contribution >= 4 is 16.9 Å². The Morgan fingerprint density at radius 1 is 1.70 bits per heavy atom. The quantitative estimate of drug-likeness (QED) is 0.529. The summed E-state index contributed by atoms with van der Waals surface area (Å²) in [5.74, 6) is 0. The smallest absolute Gasteiger partial charge is 0.163 e. The van der Waals surface area contributed by atoms with E-state index < -0.39 is 0 Å². The maximum absolute atomic E-state index is 4.35. The predicted octanol–water partition coefficient (Wildman–Crippen LogP) is 1.55. The largest absolute Gasteiger partial charge is 0.350 e. The lowest BCUT2D eigenvalue weighted by molar-refractivity contribution is 0.564. The Hall–Kier alpha value is -0.440. The minimum Gasteiger partial charge on any atom is -0.350 e. The average Bonchev–Trinajstić information content (AvgIpc) is 1.94. The predicted molar refractivity (Wildman–Crippen MR) is 47.3 cm³/mol. The number of aliphatic imine (C=N–C) groups is 1. The molecule has 10 heavy (non-hydrogen) atoms. The molecule has 1 aliphatic heterocycles. The van der Waals surface area contributed by atoms with E-state index in [0.29, 0.717) is 0 Å². The third-order valence-electron chi connectivity index (χ3n) is 1.44. The van der Waals surface area contributed by atoms with Gasteiger partial charge in [-0.25, -0.2) is 4.99 Å². The van der Waals surface area contributed by atoms with E-state index in [1.807, 2.05) is 13.2 Å². The third kappa shape index (κ3) is 1.53. The van der Waals surface area contributed by atoms with Gasteiger partial charge in [0.15, 0.2) is 5.17 Å². The van der Waals surface area contributed by atoms with Crippen LogP contribution in [-0.2, 0) is 0 Å². The SMILES string of the molecule is CSC1=NC(C)=CCN1C. The second-order valence-corrected chi connectivity index (χ2v) is 3.10. The molecule has 0 atom stereocenters. The van der Waals surface area contributed by atoms with Gasteiger partial charge in [0.2, 0.25) is 0 Å². The summed E-state index contributed by atoms with van der Waals surface area (Å²) in [5, 5.41) is 1.11. The summed E-state index contributed by atoms with van der Waals surface area (Å²) in [4.78, 5) is 6.48. The molecule has 0 saturated carbocycles. The monoisotopic (exact) mass is 156 g/mol. The van der Waals surface area contributed by atoms with Crippen LogP contribution in [0.2, 0.25) is 0 Å². The van der Waals surface area contributed by atoms with Crippen LogP contribution in [0.25, 0.3) is 0 Å². The Labute approximate surface area is 66.0 Å². The van der Waals surface area contributed by atoms with Gasteiger partial charge >= 0.3 is 0 Å². The summed E-state index contributed by atoms with van der Waals surface area (Å²) in [7, 11) is 2.05. The van der Waals surface area contributed by atoms with Crippen LogP contribution < -0.4 is 0 Å². The molecule has 0 radical (unpaired) electrons. The Kier molecular flexibility index (Phi) is 2.38. The molecule has 0 aromatic carbocycles. The van der Waals surface area contributed by atoms with E-state index in [-0.39, 0.29) is 0 Å². The molecule has 56 valence electrons. The fraction of sp³-hybridized carbons (Fsp3) is 0.571. The average molecular weight is 156 g/mol. The lowest BCUT2D eigenvalue weighted by Crippen LogP contribution is -2.26. The van der Waals surface area contributed by atoms with Crippen LogP contribution in [-0.4, -0.2) is 29.9 Å². The molecule has 0 aliphatic carbocycles. The minimum absolute atomic E-state index is 0.992. The molecule has 0 aromatic rings. The number of nitrogens with zero attached hydrogens (tertiary/aromatic N) is 2. The van der Waals surface area contributed by atoms with Crippen molar-refractivity contribution in [1.82, 2.24) is 4.90 Å². The molecule has 0 unspecified atom stereocenters. The van der Waals surface area contributed by atoms with Crippen molar-refractivity contribution in [3.8, 4) is 0 Å². The van der Waals surface area contributed by atoms with Crippen LogP contribution in [0.5, 0.6) is 0 Å². The molecule has 1 rings (SSSR count). The van der Waals surface area contributed by atoms with Gasteiger partial charge in [-0.05, 0) is 19.3 Å². The third-order valence-corrected chi connectivity index (χ3v) is 2.21. The van der Waals surface area contributed by atoms with E-state index >= 15 is 0 Å². The summed E-state index contributed by atoms with van der Waals surface area (Å²) in [5.41, 5.74) is 1.13. The first-order valence-electron chi connectivity index (χ1n) is 3.24. The lowest BCUT2D eigenvalue weighted by Gasteiger charge is -2.21. The lowest BCUT2D eigenvalue weighted by atomic mass is 10.4. The first-order chi connectivity index (χ1) is 4.74. The van der Waals surface area contributed by atoms with Crippen LogP contribution in [0, 0.1) is 0 Å². The highest BCUT2D eigenvalue weighted by Gasteiger charge is 2.07. The zero-order valence-electron chi connectivity index (χ0n) is 6.59. The molecule has 0 bridgehead atoms.